The third kappa shape index (κ3) is 4.40. The number of amides is 2. The lowest BCUT2D eigenvalue weighted by Gasteiger charge is -2.36. The number of H-pyrrole nitrogens is 1. The molecular formula is C20H29N3O4. The zero-order valence-corrected chi connectivity index (χ0v) is 16.1. The van der Waals surface area contributed by atoms with E-state index in [1.54, 1.807) is 13.2 Å². The summed E-state index contributed by atoms with van der Waals surface area (Å²) < 4.78 is 5.57. The lowest BCUT2D eigenvalue weighted by atomic mass is 9.82. The van der Waals surface area contributed by atoms with Gasteiger partial charge in [-0.25, -0.2) is 0 Å². The number of nitrogens with one attached hydrogen (secondary N) is 2. The number of carbonyl (C=O) groups excluding carboxylic acids is 2. The van der Waals surface area contributed by atoms with E-state index in [1.807, 2.05) is 11.8 Å². The van der Waals surface area contributed by atoms with Gasteiger partial charge in [0.1, 0.15) is 0 Å². The van der Waals surface area contributed by atoms with Gasteiger partial charge in [-0.05, 0) is 44.6 Å². The topological polar surface area (TPSA) is 91.5 Å². The molecule has 1 saturated carbocycles. The van der Waals surface area contributed by atoms with Crippen LogP contribution in [0.4, 0.5) is 0 Å². The lowest BCUT2D eigenvalue weighted by molar-refractivity contribution is -0.136. The molecule has 0 radical (unpaired) electrons. The second kappa shape index (κ2) is 8.69. The Morgan fingerprint density at radius 3 is 2.67 bits per heavy atom. The van der Waals surface area contributed by atoms with Crippen LogP contribution in [-0.4, -0.2) is 54.0 Å². The highest BCUT2D eigenvalue weighted by molar-refractivity contribution is 5.95. The second-order valence-electron chi connectivity index (χ2n) is 7.46. The fourth-order valence-corrected chi connectivity index (χ4v) is 4.25. The normalized spacial score (nSPS) is 25.4. The monoisotopic (exact) mass is 375 g/mol. The Hall–Kier alpha value is -2.15. The molecule has 2 amide bonds. The average Bonchev–Trinajstić information content (AvgIpc) is 3.21. The minimum Gasteiger partial charge on any atom is -0.379 e. The molecule has 27 heavy (non-hydrogen) atoms. The molecule has 0 bridgehead atoms. The van der Waals surface area contributed by atoms with Gasteiger partial charge in [0.25, 0.3) is 5.91 Å². The zero-order chi connectivity index (χ0) is 19.4. The molecule has 3 rings (SSSR count). The van der Waals surface area contributed by atoms with Crippen LogP contribution in [0.1, 0.15) is 55.1 Å². The highest BCUT2D eigenvalue weighted by Gasteiger charge is 2.37. The van der Waals surface area contributed by atoms with Gasteiger partial charge in [0.15, 0.2) is 0 Å². The Kier molecular flexibility index (Phi) is 6.31. The lowest BCUT2D eigenvalue weighted by Crippen LogP contribution is -2.50. The quantitative estimate of drug-likeness (QED) is 0.815. The number of rotatable bonds is 5. The van der Waals surface area contributed by atoms with Gasteiger partial charge in [0.05, 0.1) is 17.7 Å². The first kappa shape index (κ1) is 19.6. The summed E-state index contributed by atoms with van der Waals surface area (Å²) in [6.07, 6.45) is 4.73. The van der Waals surface area contributed by atoms with Crippen molar-refractivity contribution in [1.29, 1.82) is 0 Å². The summed E-state index contributed by atoms with van der Waals surface area (Å²) in [5.74, 6) is -0.0926. The van der Waals surface area contributed by atoms with Gasteiger partial charge >= 0.3 is 0 Å². The van der Waals surface area contributed by atoms with Crippen LogP contribution in [0.5, 0.6) is 0 Å². The molecule has 7 heteroatoms. The Morgan fingerprint density at radius 1 is 1.26 bits per heavy atom. The highest BCUT2D eigenvalue weighted by Crippen LogP contribution is 2.29. The number of aryl methyl sites for hydroxylation is 1. The van der Waals surface area contributed by atoms with Gasteiger partial charge in [-0.2, -0.15) is 0 Å². The number of hydrogen-bond donors (Lipinski definition) is 2. The molecule has 0 spiro atoms. The highest BCUT2D eigenvalue weighted by atomic mass is 16.5. The van der Waals surface area contributed by atoms with Crippen molar-refractivity contribution in [2.24, 2.45) is 5.92 Å². The Balaban J connectivity index is 1.71. The number of methoxy groups -OCH3 is 1. The molecule has 0 aromatic carbocycles. The number of hydrogen-bond acceptors (Lipinski definition) is 4. The van der Waals surface area contributed by atoms with E-state index in [0.29, 0.717) is 24.1 Å². The van der Waals surface area contributed by atoms with Crippen molar-refractivity contribution in [3.63, 3.8) is 0 Å². The van der Waals surface area contributed by atoms with Gasteiger partial charge < -0.3 is 19.9 Å². The van der Waals surface area contributed by atoms with Gasteiger partial charge in [0.2, 0.25) is 11.5 Å². The molecule has 0 unspecified atom stereocenters. The Morgan fingerprint density at radius 2 is 2.00 bits per heavy atom. The summed E-state index contributed by atoms with van der Waals surface area (Å²) in [5, 5.41) is 3.05. The summed E-state index contributed by atoms with van der Waals surface area (Å²) >= 11 is 0. The van der Waals surface area contributed by atoms with Gasteiger partial charge in [-0.3, -0.25) is 14.4 Å². The van der Waals surface area contributed by atoms with E-state index in [-0.39, 0.29) is 35.4 Å². The van der Waals surface area contributed by atoms with Crippen LogP contribution in [0.2, 0.25) is 0 Å². The summed E-state index contributed by atoms with van der Waals surface area (Å²) in [4.78, 5) is 41.8. The summed E-state index contributed by atoms with van der Waals surface area (Å²) in [6, 6.07) is 2.71. The molecule has 2 N–H and O–H groups in total. The summed E-state index contributed by atoms with van der Waals surface area (Å²) in [6.45, 7) is 3.58. The van der Waals surface area contributed by atoms with Crippen molar-refractivity contribution in [2.45, 2.75) is 57.6 Å². The van der Waals surface area contributed by atoms with Crippen molar-refractivity contribution in [3.8, 4) is 0 Å². The summed E-state index contributed by atoms with van der Waals surface area (Å²) in [7, 11) is 1.64. The minimum atomic E-state index is -0.232. The Labute approximate surface area is 159 Å². The van der Waals surface area contributed by atoms with Crippen LogP contribution in [0.3, 0.4) is 0 Å². The van der Waals surface area contributed by atoms with Gasteiger partial charge in [-0.1, -0.05) is 6.92 Å². The van der Waals surface area contributed by atoms with Crippen molar-refractivity contribution in [1.82, 2.24) is 15.2 Å². The maximum atomic E-state index is 12.8. The van der Waals surface area contributed by atoms with Crippen LogP contribution in [-0.2, 0) is 16.0 Å². The number of aromatic amines is 1. The van der Waals surface area contributed by atoms with Crippen molar-refractivity contribution in [3.05, 3.63) is 33.7 Å². The van der Waals surface area contributed by atoms with Gasteiger partial charge in [-0.15, -0.1) is 0 Å². The smallest absolute Gasteiger partial charge is 0.253 e. The molecule has 148 valence electrons. The molecule has 3 atom stereocenters. The molecular weight excluding hydrogens is 346 g/mol. The number of aromatic nitrogens is 1. The summed E-state index contributed by atoms with van der Waals surface area (Å²) in [5.41, 5.74) is 0.876. The maximum absolute atomic E-state index is 12.8. The van der Waals surface area contributed by atoms with E-state index in [2.05, 4.69) is 10.3 Å². The predicted molar refractivity (Wildman–Crippen MR) is 102 cm³/mol. The standard InChI is InChI=1S/C20H29N3O4/c1-3-15-14(7-9-18(24)21-15)19(25)22-16-12-13(6-8-17(16)27-2)20(26)23-10-4-5-11-23/h7,9,13,16-17H,3-6,8,10-12H2,1-2H3,(H,21,24)(H,22,25)/t13-,16+,17+/m0/s1. The zero-order valence-electron chi connectivity index (χ0n) is 16.1. The molecule has 1 aromatic heterocycles. The van der Waals surface area contributed by atoms with Crippen molar-refractivity contribution in [2.75, 3.05) is 20.2 Å². The number of ether oxygens (including phenoxy) is 1. The second-order valence-corrected chi connectivity index (χ2v) is 7.46. The van der Waals surface area contributed by atoms with E-state index in [4.69, 9.17) is 4.74 Å². The molecule has 7 nitrogen and oxygen atoms in total. The first-order chi connectivity index (χ1) is 13.0. The van der Waals surface area contributed by atoms with E-state index >= 15 is 0 Å². The fourth-order valence-electron chi connectivity index (χ4n) is 4.25. The predicted octanol–water partition coefficient (Wildman–Crippen LogP) is 1.47. The number of likely N-dealkylation sites (tertiary alicyclic amines) is 1. The van der Waals surface area contributed by atoms with Crippen LogP contribution >= 0.6 is 0 Å². The Bertz CT molecular complexity index is 739. The average molecular weight is 375 g/mol. The van der Waals surface area contributed by atoms with E-state index < -0.39 is 0 Å². The largest absolute Gasteiger partial charge is 0.379 e. The molecule has 2 aliphatic rings. The van der Waals surface area contributed by atoms with E-state index in [0.717, 1.165) is 38.8 Å². The SMILES string of the molecule is CCc1[nH]c(=O)ccc1C(=O)N[C@@H]1C[C@@H](C(=O)N2CCCC2)CC[C@H]1OC. The van der Waals surface area contributed by atoms with E-state index in [1.165, 1.54) is 6.07 Å². The molecule has 2 fully saturated rings. The van der Waals surface area contributed by atoms with Crippen molar-refractivity contribution >= 4 is 11.8 Å². The van der Waals surface area contributed by atoms with Crippen LogP contribution in [0.25, 0.3) is 0 Å². The van der Waals surface area contributed by atoms with Crippen molar-refractivity contribution < 1.29 is 14.3 Å². The first-order valence-corrected chi connectivity index (χ1v) is 9.88. The van der Waals surface area contributed by atoms with E-state index in [9.17, 15) is 14.4 Å². The third-order valence-corrected chi connectivity index (χ3v) is 5.77. The number of pyridine rings is 1. The number of carbonyl (C=O) groups is 2. The first-order valence-electron chi connectivity index (χ1n) is 9.88. The third-order valence-electron chi connectivity index (χ3n) is 5.77. The van der Waals surface area contributed by atoms with Crippen LogP contribution in [0.15, 0.2) is 16.9 Å². The van der Waals surface area contributed by atoms with Crippen LogP contribution in [0, 0.1) is 5.92 Å². The van der Waals surface area contributed by atoms with Crippen LogP contribution < -0.4 is 10.9 Å². The van der Waals surface area contributed by atoms with Gasteiger partial charge in [0, 0.05) is 37.9 Å². The minimum absolute atomic E-state index is 0.0685. The molecule has 1 saturated heterocycles. The number of nitrogens with zero attached hydrogens (tertiary/aromatic N) is 1. The molecule has 1 aliphatic heterocycles. The maximum Gasteiger partial charge on any atom is 0.253 e. The molecule has 2 heterocycles. The molecule has 1 aromatic rings. The fraction of sp³-hybridized carbons (Fsp3) is 0.650. The molecule has 1 aliphatic carbocycles.